The molecule has 0 N–H and O–H groups in total. The lowest BCUT2D eigenvalue weighted by molar-refractivity contribution is -0.132. The smallest absolute Gasteiger partial charge is 0.308 e. The minimum atomic E-state index is -0.388. The van der Waals surface area contributed by atoms with E-state index in [2.05, 4.69) is 0 Å². The molecule has 0 saturated carbocycles. The van der Waals surface area contributed by atoms with Gasteiger partial charge in [-0.1, -0.05) is 6.07 Å². The summed E-state index contributed by atoms with van der Waals surface area (Å²) in [5.41, 5.74) is 1.93. The van der Waals surface area contributed by atoms with Crippen LogP contribution >= 0.6 is 11.8 Å². The normalized spacial score (nSPS) is 10.6. The van der Waals surface area contributed by atoms with Gasteiger partial charge in [0.25, 0.3) is 0 Å². The second kappa shape index (κ2) is 10.5. The number of hydrogen-bond acceptors (Lipinski definition) is 7. The van der Waals surface area contributed by atoms with Gasteiger partial charge in [0, 0.05) is 24.3 Å². The third-order valence-electron chi connectivity index (χ3n) is 3.82. The first kappa shape index (κ1) is 21.5. The third-order valence-corrected chi connectivity index (χ3v) is 4.63. The van der Waals surface area contributed by atoms with Gasteiger partial charge < -0.3 is 23.7 Å². The van der Waals surface area contributed by atoms with Gasteiger partial charge in [0.2, 0.25) is 0 Å². The fourth-order valence-electron chi connectivity index (χ4n) is 2.50. The molecule has 0 saturated heterocycles. The van der Waals surface area contributed by atoms with Gasteiger partial charge in [0.1, 0.15) is 5.75 Å². The standard InChI is InChI=1S/C21H24O6S/c1-14(22)27-17-7-6-15(10-19(17)24-3)8-9-28-13-16-11-20(25-4)21(26-5)12-18(16)23-2/h6-12H,13H2,1-5H3/b9-8-. The topological polar surface area (TPSA) is 63.2 Å². The number of thioether (sulfide) groups is 1. The largest absolute Gasteiger partial charge is 0.496 e. The van der Waals surface area contributed by atoms with E-state index in [0.717, 1.165) is 16.9 Å². The molecule has 0 aliphatic carbocycles. The van der Waals surface area contributed by atoms with E-state index in [1.165, 1.54) is 14.0 Å². The number of carbonyl (C=O) groups excluding carboxylic acids is 1. The molecular formula is C21H24O6S. The summed E-state index contributed by atoms with van der Waals surface area (Å²) in [4.78, 5) is 11.1. The molecule has 0 radical (unpaired) electrons. The van der Waals surface area contributed by atoms with Crippen molar-refractivity contribution in [1.29, 1.82) is 0 Å². The number of ether oxygens (including phenoxy) is 5. The molecule has 0 fully saturated rings. The van der Waals surface area contributed by atoms with Crippen molar-refractivity contribution in [1.82, 2.24) is 0 Å². The SMILES string of the molecule is COc1cc(OC)c(OC)cc1CS/C=C\c1ccc(OC(C)=O)c(OC)c1. The van der Waals surface area contributed by atoms with Gasteiger partial charge in [-0.3, -0.25) is 4.79 Å². The monoisotopic (exact) mass is 404 g/mol. The second-order valence-corrected chi connectivity index (χ2v) is 6.53. The Kier molecular flexibility index (Phi) is 8.07. The number of methoxy groups -OCH3 is 4. The Labute approximate surface area is 169 Å². The lowest BCUT2D eigenvalue weighted by atomic mass is 10.2. The average molecular weight is 404 g/mol. The van der Waals surface area contributed by atoms with Crippen molar-refractivity contribution in [3.63, 3.8) is 0 Å². The molecule has 0 spiro atoms. The summed E-state index contributed by atoms with van der Waals surface area (Å²) in [5, 5.41) is 1.98. The Hall–Kier alpha value is -2.80. The molecule has 0 bridgehead atoms. The molecule has 2 rings (SSSR count). The number of rotatable bonds is 9. The van der Waals surface area contributed by atoms with E-state index in [0.29, 0.717) is 28.8 Å². The van der Waals surface area contributed by atoms with Gasteiger partial charge in [-0.25, -0.2) is 0 Å². The van der Waals surface area contributed by atoms with Crippen LogP contribution in [0.2, 0.25) is 0 Å². The van der Waals surface area contributed by atoms with Crippen LogP contribution in [0.4, 0.5) is 0 Å². The van der Waals surface area contributed by atoms with Gasteiger partial charge >= 0.3 is 5.97 Å². The van der Waals surface area contributed by atoms with Crippen molar-refractivity contribution in [2.45, 2.75) is 12.7 Å². The summed E-state index contributed by atoms with van der Waals surface area (Å²) in [6.45, 7) is 1.35. The Morgan fingerprint density at radius 1 is 0.857 bits per heavy atom. The van der Waals surface area contributed by atoms with Gasteiger partial charge in [0.05, 0.1) is 28.4 Å². The lowest BCUT2D eigenvalue weighted by Gasteiger charge is -2.13. The molecule has 2 aromatic rings. The van der Waals surface area contributed by atoms with Gasteiger partial charge in [-0.15, -0.1) is 11.8 Å². The molecule has 0 unspecified atom stereocenters. The van der Waals surface area contributed by atoms with Crippen LogP contribution in [0.5, 0.6) is 28.7 Å². The predicted molar refractivity (Wildman–Crippen MR) is 111 cm³/mol. The minimum Gasteiger partial charge on any atom is -0.496 e. The summed E-state index contributed by atoms with van der Waals surface area (Å²) in [5.74, 6) is 3.24. The molecule has 0 aliphatic rings. The molecule has 28 heavy (non-hydrogen) atoms. The molecule has 0 amide bonds. The van der Waals surface area contributed by atoms with E-state index in [-0.39, 0.29) is 5.97 Å². The highest BCUT2D eigenvalue weighted by Gasteiger charge is 2.11. The molecular weight excluding hydrogens is 380 g/mol. The van der Waals surface area contributed by atoms with E-state index in [1.54, 1.807) is 39.2 Å². The maximum absolute atomic E-state index is 11.1. The van der Waals surface area contributed by atoms with Crippen LogP contribution < -0.4 is 23.7 Å². The van der Waals surface area contributed by atoms with Crippen LogP contribution in [0.25, 0.3) is 6.08 Å². The van der Waals surface area contributed by atoms with E-state index in [9.17, 15) is 4.79 Å². The highest BCUT2D eigenvalue weighted by Crippen LogP contribution is 2.36. The van der Waals surface area contributed by atoms with Crippen molar-refractivity contribution in [2.24, 2.45) is 0 Å². The summed E-state index contributed by atoms with van der Waals surface area (Å²) in [6.07, 6.45) is 1.96. The van der Waals surface area contributed by atoms with Crippen molar-refractivity contribution < 1.29 is 28.5 Å². The van der Waals surface area contributed by atoms with Crippen LogP contribution in [-0.4, -0.2) is 34.4 Å². The van der Waals surface area contributed by atoms with E-state index < -0.39 is 0 Å². The molecule has 0 atom stereocenters. The first-order valence-corrected chi connectivity index (χ1v) is 9.50. The zero-order valence-electron chi connectivity index (χ0n) is 16.6. The number of esters is 1. The number of carbonyl (C=O) groups is 1. The first-order chi connectivity index (χ1) is 13.5. The van der Waals surface area contributed by atoms with Crippen molar-refractivity contribution in [2.75, 3.05) is 28.4 Å². The Morgan fingerprint density at radius 3 is 2.07 bits per heavy atom. The van der Waals surface area contributed by atoms with Gasteiger partial charge in [0.15, 0.2) is 23.0 Å². The fraction of sp³-hybridized carbons (Fsp3) is 0.286. The first-order valence-electron chi connectivity index (χ1n) is 8.45. The quantitative estimate of drug-likeness (QED) is 0.449. The Bertz CT molecular complexity index is 847. The minimum absolute atomic E-state index is 0.388. The summed E-state index contributed by atoms with van der Waals surface area (Å²) in [7, 11) is 6.36. The van der Waals surface area contributed by atoms with Crippen LogP contribution in [0.15, 0.2) is 35.7 Å². The number of benzene rings is 2. The summed E-state index contributed by atoms with van der Waals surface area (Å²) < 4.78 is 26.5. The third kappa shape index (κ3) is 5.60. The van der Waals surface area contributed by atoms with Crippen LogP contribution in [0, 0.1) is 0 Å². The van der Waals surface area contributed by atoms with E-state index >= 15 is 0 Å². The predicted octanol–water partition coefficient (Wildman–Crippen LogP) is 4.55. The average Bonchev–Trinajstić information content (AvgIpc) is 2.70. The zero-order chi connectivity index (χ0) is 20.5. The Balaban J connectivity index is 2.08. The van der Waals surface area contributed by atoms with Crippen molar-refractivity contribution in [3.05, 3.63) is 46.9 Å². The summed E-state index contributed by atoms with van der Waals surface area (Å²) in [6, 6.07) is 9.11. The van der Waals surface area contributed by atoms with Crippen molar-refractivity contribution in [3.8, 4) is 28.7 Å². The van der Waals surface area contributed by atoms with Crippen LogP contribution in [0.3, 0.4) is 0 Å². The fourth-order valence-corrected chi connectivity index (χ4v) is 3.25. The summed E-state index contributed by atoms with van der Waals surface area (Å²) >= 11 is 1.61. The molecule has 0 aromatic heterocycles. The number of hydrogen-bond donors (Lipinski definition) is 0. The highest BCUT2D eigenvalue weighted by atomic mass is 32.2. The zero-order valence-corrected chi connectivity index (χ0v) is 17.4. The highest BCUT2D eigenvalue weighted by molar-refractivity contribution is 8.01. The maximum atomic E-state index is 11.1. The molecule has 0 heterocycles. The Morgan fingerprint density at radius 2 is 1.46 bits per heavy atom. The molecule has 7 heteroatoms. The van der Waals surface area contributed by atoms with Crippen molar-refractivity contribution >= 4 is 23.8 Å². The molecule has 0 aliphatic heterocycles. The van der Waals surface area contributed by atoms with E-state index in [4.69, 9.17) is 23.7 Å². The molecule has 150 valence electrons. The molecule has 2 aromatic carbocycles. The van der Waals surface area contributed by atoms with Gasteiger partial charge in [-0.2, -0.15) is 0 Å². The molecule has 6 nitrogen and oxygen atoms in total. The van der Waals surface area contributed by atoms with Crippen LogP contribution in [-0.2, 0) is 10.5 Å². The maximum Gasteiger partial charge on any atom is 0.308 e. The lowest BCUT2D eigenvalue weighted by Crippen LogP contribution is -2.02. The van der Waals surface area contributed by atoms with Gasteiger partial charge in [-0.05, 0) is 35.2 Å². The second-order valence-electron chi connectivity index (χ2n) is 5.64. The van der Waals surface area contributed by atoms with E-state index in [1.807, 2.05) is 35.7 Å². The van der Waals surface area contributed by atoms with Crippen LogP contribution in [0.1, 0.15) is 18.1 Å².